The van der Waals surface area contributed by atoms with Crippen molar-refractivity contribution in [3.05, 3.63) is 59.7 Å². The van der Waals surface area contributed by atoms with Crippen LogP contribution in [0.15, 0.2) is 48.5 Å². The van der Waals surface area contributed by atoms with E-state index in [-0.39, 0.29) is 11.9 Å². The maximum absolute atomic E-state index is 12.7. The Labute approximate surface area is 177 Å². The Morgan fingerprint density at radius 1 is 1.13 bits per heavy atom. The van der Waals surface area contributed by atoms with Crippen LogP contribution in [0.3, 0.4) is 0 Å². The van der Waals surface area contributed by atoms with Crippen LogP contribution in [0.1, 0.15) is 30.0 Å². The van der Waals surface area contributed by atoms with Gasteiger partial charge in [0.05, 0.1) is 13.2 Å². The van der Waals surface area contributed by atoms with Crippen LogP contribution in [0.4, 0.5) is 18.9 Å². The fraction of sp³-hybridized carbons (Fsp3) is 0.364. The number of fused-ring (bicyclic) bond motifs is 2. The summed E-state index contributed by atoms with van der Waals surface area (Å²) in [5.74, 6) is -1.68. The third-order valence-corrected chi connectivity index (χ3v) is 5.11. The molecule has 1 amide bonds. The van der Waals surface area contributed by atoms with Gasteiger partial charge in [0.25, 0.3) is 0 Å². The molecule has 1 atom stereocenters. The minimum atomic E-state index is -5.08. The molecule has 4 rings (SSSR count). The molecule has 0 aliphatic carbocycles. The quantitative estimate of drug-likeness (QED) is 0.767. The van der Waals surface area contributed by atoms with Crippen molar-refractivity contribution in [1.29, 1.82) is 0 Å². The highest BCUT2D eigenvalue weighted by Crippen LogP contribution is 2.31. The summed E-state index contributed by atoms with van der Waals surface area (Å²) in [6.45, 7) is 1.85. The monoisotopic (exact) mass is 436 g/mol. The molecular weight excluding hydrogens is 413 g/mol. The summed E-state index contributed by atoms with van der Waals surface area (Å²) in [7, 11) is 0. The molecule has 0 radical (unpaired) electrons. The highest BCUT2D eigenvalue weighted by molar-refractivity contribution is 5.96. The molecule has 0 aromatic heterocycles. The molecule has 2 aromatic carbocycles. The Kier molecular flexibility index (Phi) is 7.17. The molecule has 166 valence electrons. The second-order valence-corrected chi connectivity index (χ2v) is 7.19. The first kappa shape index (κ1) is 22.6. The number of halogens is 3. The Hall–Kier alpha value is -3.07. The average molecular weight is 436 g/mol. The van der Waals surface area contributed by atoms with Crippen LogP contribution in [-0.2, 0) is 16.0 Å². The topological polar surface area (TPSA) is 78.9 Å². The number of rotatable bonds is 3. The number of nitrogens with one attached hydrogen (secondary N) is 1. The van der Waals surface area contributed by atoms with Crippen molar-refractivity contribution >= 4 is 17.6 Å². The molecule has 6 nitrogen and oxygen atoms in total. The minimum absolute atomic E-state index is 0.145. The van der Waals surface area contributed by atoms with Crippen molar-refractivity contribution in [2.45, 2.75) is 31.5 Å². The van der Waals surface area contributed by atoms with E-state index >= 15 is 0 Å². The van der Waals surface area contributed by atoms with E-state index in [4.69, 9.17) is 14.6 Å². The second kappa shape index (κ2) is 9.82. The molecule has 0 fully saturated rings. The summed E-state index contributed by atoms with van der Waals surface area (Å²) < 4.78 is 37.4. The first-order chi connectivity index (χ1) is 14.8. The van der Waals surface area contributed by atoms with E-state index in [0.717, 1.165) is 42.8 Å². The van der Waals surface area contributed by atoms with Crippen LogP contribution >= 0.6 is 0 Å². The number of benzene rings is 2. The average Bonchev–Trinajstić information content (AvgIpc) is 2.77. The molecule has 31 heavy (non-hydrogen) atoms. The van der Waals surface area contributed by atoms with Crippen molar-refractivity contribution in [3.8, 4) is 5.75 Å². The van der Waals surface area contributed by atoms with Gasteiger partial charge in [-0.3, -0.25) is 4.79 Å². The van der Waals surface area contributed by atoms with E-state index in [1.54, 1.807) is 0 Å². The highest BCUT2D eigenvalue weighted by Gasteiger charge is 2.38. The molecule has 1 unspecified atom stereocenters. The molecule has 0 saturated carbocycles. The number of carbonyl (C=O) groups is 2. The van der Waals surface area contributed by atoms with Gasteiger partial charge in [-0.2, -0.15) is 13.2 Å². The summed E-state index contributed by atoms with van der Waals surface area (Å²) in [6.07, 6.45) is -2.11. The Morgan fingerprint density at radius 3 is 2.55 bits per heavy atom. The number of nitrogens with zero attached hydrogens (tertiary/aromatic N) is 1. The van der Waals surface area contributed by atoms with Crippen molar-refractivity contribution in [1.82, 2.24) is 5.32 Å². The Morgan fingerprint density at radius 2 is 1.81 bits per heavy atom. The zero-order valence-electron chi connectivity index (χ0n) is 16.7. The number of alkyl halides is 3. The van der Waals surface area contributed by atoms with Crippen molar-refractivity contribution in [3.63, 3.8) is 0 Å². The van der Waals surface area contributed by atoms with Crippen LogP contribution < -0.4 is 15.0 Å². The predicted octanol–water partition coefficient (Wildman–Crippen LogP) is 3.71. The van der Waals surface area contributed by atoms with Gasteiger partial charge in [-0.1, -0.05) is 36.4 Å². The second-order valence-electron chi connectivity index (χ2n) is 7.19. The van der Waals surface area contributed by atoms with Gasteiger partial charge in [0, 0.05) is 30.3 Å². The van der Waals surface area contributed by atoms with Gasteiger partial charge in [-0.25, -0.2) is 4.79 Å². The van der Waals surface area contributed by atoms with Crippen molar-refractivity contribution < 1.29 is 32.6 Å². The summed E-state index contributed by atoms with van der Waals surface area (Å²) in [6, 6.07) is 16.5. The number of anilines is 1. The predicted molar refractivity (Wildman–Crippen MR) is 108 cm³/mol. The van der Waals surface area contributed by atoms with Crippen LogP contribution in [0.5, 0.6) is 5.75 Å². The third-order valence-electron chi connectivity index (χ3n) is 5.11. The van der Waals surface area contributed by atoms with Crippen LogP contribution in [0, 0.1) is 0 Å². The van der Waals surface area contributed by atoms with Crippen molar-refractivity contribution in [2.75, 3.05) is 24.6 Å². The van der Waals surface area contributed by atoms with Gasteiger partial charge in [0.2, 0.25) is 5.91 Å². The summed E-state index contributed by atoms with van der Waals surface area (Å²) in [4.78, 5) is 23.6. The fourth-order valence-corrected chi connectivity index (χ4v) is 3.65. The van der Waals surface area contributed by atoms with E-state index in [9.17, 15) is 18.0 Å². The van der Waals surface area contributed by atoms with Crippen LogP contribution in [0.2, 0.25) is 0 Å². The van der Waals surface area contributed by atoms with Crippen LogP contribution in [-0.4, -0.2) is 42.9 Å². The summed E-state index contributed by atoms with van der Waals surface area (Å²) in [5, 5.41) is 10.6. The van der Waals surface area contributed by atoms with Gasteiger partial charge < -0.3 is 20.1 Å². The molecule has 2 N–H and O–H groups in total. The lowest BCUT2D eigenvalue weighted by Crippen LogP contribution is -2.42. The molecule has 0 saturated heterocycles. The van der Waals surface area contributed by atoms with E-state index < -0.39 is 12.1 Å². The minimum Gasteiger partial charge on any atom is -0.493 e. The molecule has 0 spiro atoms. The highest BCUT2D eigenvalue weighted by atomic mass is 19.4. The van der Waals surface area contributed by atoms with Gasteiger partial charge >= 0.3 is 12.1 Å². The number of carbonyl (C=O) groups excluding carboxylic acids is 1. The molecule has 2 aliphatic heterocycles. The maximum Gasteiger partial charge on any atom is 0.490 e. The van der Waals surface area contributed by atoms with Crippen molar-refractivity contribution in [2.24, 2.45) is 0 Å². The molecule has 2 aromatic rings. The summed E-state index contributed by atoms with van der Waals surface area (Å²) >= 11 is 0. The maximum atomic E-state index is 12.7. The zero-order valence-corrected chi connectivity index (χ0v) is 16.7. The summed E-state index contributed by atoms with van der Waals surface area (Å²) in [5.41, 5.74) is 3.49. The zero-order chi connectivity index (χ0) is 22.4. The van der Waals surface area contributed by atoms with Gasteiger partial charge in [0.1, 0.15) is 5.75 Å². The van der Waals surface area contributed by atoms with E-state index in [2.05, 4.69) is 23.5 Å². The first-order valence-electron chi connectivity index (χ1n) is 9.91. The number of hydrogen-bond acceptors (Lipinski definition) is 4. The SMILES string of the molecule is O=C(CNC1CCOc2ccccc21)N1CCCc2ccccc21.O=C(O)C(F)(F)F. The fourth-order valence-electron chi connectivity index (χ4n) is 3.65. The lowest BCUT2D eigenvalue weighted by Gasteiger charge is -2.31. The largest absolute Gasteiger partial charge is 0.493 e. The smallest absolute Gasteiger partial charge is 0.490 e. The third kappa shape index (κ3) is 5.75. The number of ether oxygens (including phenoxy) is 1. The van der Waals surface area contributed by atoms with Gasteiger partial charge in [-0.05, 0) is 30.5 Å². The van der Waals surface area contributed by atoms with E-state index in [1.165, 1.54) is 5.56 Å². The van der Waals surface area contributed by atoms with E-state index in [0.29, 0.717) is 13.2 Å². The number of aliphatic carboxylic acids is 1. The number of carboxylic acid groups (broad SMARTS) is 1. The van der Waals surface area contributed by atoms with Crippen LogP contribution in [0.25, 0.3) is 0 Å². The van der Waals surface area contributed by atoms with Gasteiger partial charge in [0.15, 0.2) is 0 Å². The molecule has 2 heterocycles. The number of aryl methyl sites for hydroxylation is 1. The molecule has 9 heteroatoms. The van der Waals surface area contributed by atoms with E-state index in [1.807, 2.05) is 35.2 Å². The molecular formula is C22H23F3N2O4. The number of amides is 1. The molecule has 2 aliphatic rings. The number of para-hydroxylation sites is 2. The normalized spacial score (nSPS) is 17.4. The standard InChI is InChI=1S/C20H22N2O2.C2HF3O2/c23-20(22-12-5-7-15-6-1-3-9-18(15)22)14-21-17-11-13-24-19-10-4-2-8-16(17)19;3-2(4,5)1(6)7/h1-4,6,8-10,17,21H,5,7,11-14H2;(H,6,7). The Bertz CT molecular complexity index is 933. The van der Waals surface area contributed by atoms with Gasteiger partial charge in [-0.15, -0.1) is 0 Å². The molecule has 0 bridgehead atoms. The lowest BCUT2D eigenvalue weighted by molar-refractivity contribution is -0.192. The number of hydrogen-bond donors (Lipinski definition) is 2. The Balaban J connectivity index is 0.000000339. The first-order valence-corrected chi connectivity index (χ1v) is 9.91. The number of carboxylic acids is 1. The lowest BCUT2D eigenvalue weighted by atomic mass is 10.00.